The summed E-state index contributed by atoms with van der Waals surface area (Å²) in [4.78, 5) is 0. The van der Waals surface area contributed by atoms with Gasteiger partial charge in [0.1, 0.15) is 5.82 Å². The molecule has 0 aromatic heterocycles. The van der Waals surface area contributed by atoms with E-state index >= 15 is 0 Å². The zero-order chi connectivity index (χ0) is 20.8. The fourth-order valence-corrected chi connectivity index (χ4v) is 3.76. The molecule has 0 bridgehead atoms. The van der Waals surface area contributed by atoms with Crippen molar-refractivity contribution in [2.45, 2.75) is 65.7 Å². The number of aryl methyl sites for hydroxylation is 1. The summed E-state index contributed by atoms with van der Waals surface area (Å²) >= 11 is 6.10. The van der Waals surface area contributed by atoms with E-state index in [-0.39, 0.29) is 10.9 Å². The maximum Gasteiger partial charge on any atom is 0.162 e. The lowest BCUT2D eigenvalue weighted by Crippen LogP contribution is -2.05. The Hall–Kier alpha value is -1.74. The zero-order valence-corrected chi connectivity index (χ0v) is 17.8. The van der Waals surface area contributed by atoms with Crippen LogP contribution < -0.4 is 0 Å². The van der Waals surface area contributed by atoms with Crippen molar-refractivity contribution in [1.82, 2.24) is 0 Å². The van der Waals surface area contributed by atoms with E-state index in [9.17, 15) is 13.2 Å². The van der Waals surface area contributed by atoms with Crippen molar-refractivity contribution < 1.29 is 13.2 Å². The van der Waals surface area contributed by atoms with Gasteiger partial charge >= 0.3 is 0 Å². The quantitative estimate of drug-likeness (QED) is 0.410. The predicted octanol–water partition coefficient (Wildman–Crippen LogP) is 8.48. The molecule has 0 saturated carbocycles. The van der Waals surface area contributed by atoms with E-state index in [2.05, 4.69) is 6.92 Å². The molecule has 0 nitrogen and oxygen atoms in total. The number of rotatable bonds is 8. The minimum absolute atomic E-state index is 0.0845. The second-order valence-corrected chi connectivity index (χ2v) is 7.71. The fraction of sp³-hybridized carbons (Fsp3) is 0.417. The van der Waals surface area contributed by atoms with Gasteiger partial charge in [-0.25, -0.2) is 13.2 Å². The highest BCUT2D eigenvalue weighted by Crippen LogP contribution is 2.37. The Kier molecular flexibility index (Phi) is 8.18. The summed E-state index contributed by atoms with van der Waals surface area (Å²) in [5.41, 5.74) is 4.16. The Morgan fingerprint density at radius 2 is 1.75 bits per heavy atom. The molecule has 0 radical (unpaired) electrons. The fourth-order valence-electron chi connectivity index (χ4n) is 3.59. The molecule has 0 aliphatic heterocycles. The summed E-state index contributed by atoms with van der Waals surface area (Å²) in [5.74, 6) is -2.38. The molecule has 0 N–H and O–H groups in total. The van der Waals surface area contributed by atoms with Crippen LogP contribution in [0.3, 0.4) is 0 Å². The lowest BCUT2D eigenvalue weighted by molar-refractivity contribution is 0.495. The highest BCUT2D eigenvalue weighted by Gasteiger charge is 2.21. The van der Waals surface area contributed by atoms with Gasteiger partial charge in [0.2, 0.25) is 0 Å². The van der Waals surface area contributed by atoms with Crippen molar-refractivity contribution in [2.75, 3.05) is 0 Å². The molecular formula is C24H28ClF3. The third kappa shape index (κ3) is 5.00. The van der Waals surface area contributed by atoms with E-state index in [0.717, 1.165) is 60.4 Å². The molecule has 0 aliphatic carbocycles. The third-order valence-electron chi connectivity index (χ3n) is 5.34. The van der Waals surface area contributed by atoms with Crippen molar-refractivity contribution in [3.63, 3.8) is 0 Å². The molecule has 0 heterocycles. The normalized spacial score (nSPS) is 13.4. The molecular weight excluding hydrogens is 381 g/mol. The molecule has 0 fully saturated rings. The van der Waals surface area contributed by atoms with Crippen LogP contribution in [0.4, 0.5) is 13.2 Å². The molecule has 1 atom stereocenters. The van der Waals surface area contributed by atoms with E-state index < -0.39 is 17.5 Å². The first-order chi connectivity index (χ1) is 13.3. The van der Waals surface area contributed by atoms with Gasteiger partial charge in [-0.05, 0) is 66.6 Å². The van der Waals surface area contributed by atoms with Gasteiger partial charge in [0.05, 0.1) is 5.02 Å². The molecule has 1 unspecified atom stereocenters. The lowest BCUT2D eigenvalue weighted by Gasteiger charge is -2.22. The van der Waals surface area contributed by atoms with Crippen molar-refractivity contribution in [2.24, 2.45) is 0 Å². The van der Waals surface area contributed by atoms with Crippen LogP contribution in [-0.2, 0) is 6.42 Å². The third-order valence-corrected chi connectivity index (χ3v) is 5.63. The van der Waals surface area contributed by atoms with E-state index in [4.69, 9.17) is 11.6 Å². The van der Waals surface area contributed by atoms with Gasteiger partial charge < -0.3 is 0 Å². The minimum Gasteiger partial charge on any atom is -0.205 e. The van der Waals surface area contributed by atoms with E-state index in [1.807, 2.05) is 20.8 Å². The Labute approximate surface area is 171 Å². The van der Waals surface area contributed by atoms with Crippen LogP contribution in [0.5, 0.6) is 0 Å². The minimum atomic E-state index is -0.844. The second-order valence-electron chi connectivity index (χ2n) is 7.30. The Balaban J connectivity index is 2.65. The molecule has 4 heteroatoms. The van der Waals surface area contributed by atoms with Crippen LogP contribution in [0.1, 0.15) is 76.0 Å². The molecule has 2 rings (SSSR count). The van der Waals surface area contributed by atoms with Gasteiger partial charge in [-0.1, -0.05) is 62.9 Å². The van der Waals surface area contributed by atoms with Gasteiger partial charge in [0, 0.05) is 5.92 Å². The lowest BCUT2D eigenvalue weighted by atomic mass is 9.83. The van der Waals surface area contributed by atoms with Crippen LogP contribution in [0.15, 0.2) is 35.9 Å². The van der Waals surface area contributed by atoms with Crippen LogP contribution in [0.25, 0.3) is 5.57 Å². The Morgan fingerprint density at radius 1 is 1.04 bits per heavy atom. The second kappa shape index (κ2) is 10.2. The molecule has 0 amide bonds. The van der Waals surface area contributed by atoms with Gasteiger partial charge in [-0.15, -0.1) is 0 Å². The Morgan fingerprint density at radius 3 is 2.39 bits per heavy atom. The number of unbranched alkanes of at least 4 members (excludes halogenated alkanes) is 1. The number of allylic oxidation sites excluding steroid dienone is 2. The van der Waals surface area contributed by atoms with Crippen molar-refractivity contribution in [1.29, 1.82) is 0 Å². The van der Waals surface area contributed by atoms with E-state index in [0.29, 0.717) is 5.56 Å². The SMILES string of the molecule is CCCC/C(=C(/C)C(C)c1cccc(F)c1F)c1cc(Cl)c(F)cc1CCC. The summed E-state index contributed by atoms with van der Waals surface area (Å²) in [7, 11) is 0. The van der Waals surface area contributed by atoms with E-state index in [1.54, 1.807) is 12.1 Å². The first kappa shape index (κ1) is 22.5. The molecule has 0 aliphatic rings. The van der Waals surface area contributed by atoms with Crippen LogP contribution in [-0.4, -0.2) is 0 Å². The summed E-state index contributed by atoms with van der Waals surface area (Å²) in [6, 6.07) is 7.47. The largest absolute Gasteiger partial charge is 0.205 e. The Bertz CT molecular complexity index is 855. The average molecular weight is 409 g/mol. The summed E-state index contributed by atoms with van der Waals surface area (Å²) in [6.07, 6.45) is 4.34. The number of halogens is 4. The standard InChI is InChI=1S/C24H28ClF3/c1-5-7-10-18(20-14-21(25)23(27)13-17(20)9-6-2)15(3)16(4)19-11-8-12-22(26)24(19)28/h8,11-14,16H,5-7,9-10H2,1-4H3/b18-15+. The maximum atomic E-state index is 14.4. The molecule has 0 saturated heterocycles. The highest BCUT2D eigenvalue weighted by atomic mass is 35.5. The van der Waals surface area contributed by atoms with Crippen molar-refractivity contribution in [3.8, 4) is 0 Å². The smallest absolute Gasteiger partial charge is 0.162 e. The topological polar surface area (TPSA) is 0 Å². The van der Waals surface area contributed by atoms with Gasteiger partial charge in [0.25, 0.3) is 0 Å². The van der Waals surface area contributed by atoms with Crippen LogP contribution >= 0.6 is 11.6 Å². The summed E-state index contributed by atoms with van der Waals surface area (Å²) in [6.45, 7) is 7.98. The first-order valence-electron chi connectivity index (χ1n) is 9.93. The average Bonchev–Trinajstić information content (AvgIpc) is 2.67. The van der Waals surface area contributed by atoms with E-state index in [1.165, 1.54) is 12.1 Å². The molecule has 28 heavy (non-hydrogen) atoms. The van der Waals surface area contributed by atoms with Gasteiger partial charge in [-0.2, -0.15) is 0 Å². The molecule has 2 aromatic carbocycles. The number of benzene rings is 2. The number of hydrogen-bond donors (Lipinski definition) is 0. The number of hydrogen-bond acceptors (Lipinski definition) is 0. The zero-order valence-electron chi connectivity index (χ0n) is 17.0. The van der Waals surface area contributed by atoms with Gasteiger partial charge in [0.15, 0.2) is 11.6 Å². The maximum absolute atomic E-state index is 14.4. The summed E-state index contributed by atoms with van der Waals surface area (Å²) < 4.78 is 42.2. The highest BCUT2D eigenvalue weighted by molar-refractivity contribution is 6.31. The van der Waals surface area contributed by atoms with Crippen molar-refractivity contribution in [3.05, 3.63) is 75.1 Å². The molecule has 2 aromatic rings. The summed E-state index contributed by atoms with van der Waals surface area (Å²) in [5, 5.41) is 0.0845. The molecule has 152 valence electrons. The monoisotopic (exact) mass is 408 g/mol. The van der Waals surface area contributed by atoms with Crippen molar-refractivity contribution >= 4 is 17.2 Å². The van der Waals surface area contributed by atoms with Gasteiger partial charge in [-0.3, -0.25) is 0 Å². The van der Waals surface area contributed by atoms with Crippen LogP contribution in [0.2, 0.25) is 5.02 Å². The predicted molar refractivity (Wildman–Crippen MR) is 112 cm³/mol. The molecule has 0 spiro atoms. The van der Waals surface area contributed by atoms with Crippen LogP contribution in [0, 0.1) is 17.5 Å². The first-order valence-corrected chi connectivity index (χ1v) is 10.3.